The third-order valence-electron chi connectivity index (χ3n) is 4.36. The maximum absolute atomic E-state index is 11.6. The third kappa shape index (κ3) is 20.9. The minimum Gasteiger partial charge on any atom is -0.466 e. The Bertz CT molecular complexity index is 349. The number of unbranched alkanes of at least 4 members (excludes halogenated alkanes) is 10. The van der Waals surface area contributed by atoms with E-state index in [1.807, 2.05) is 0 Å². The zero-order valence-electron chi connectivity index (χ0n) is 17.6. The van der Waals surface area contributed by atoms with Gasteiger partial charge in [0.05, 0.1) is 13.2 Å². The normalized spacial score (nSPS) is 10.6. The maximum Gasteiger partial charge on any atom is 0.407 e. The number of rotatable bonds is 19. The number of hydrogen-bond acceptors (Lipinski definition) is 5. The molecule has 0 aliphatic rings. The number of carbonyl (C=O) groups excluding carboxylic acids is 2. The van der Waals surface area contributed by atoms with Gasteiger partial charge in [-0.1, -0.05) is 64.7 Å². The number of amides is 1. The summed E-state index contributed by atoms with van der Waals surface area (Å²) >= 11 is 0. The molecule has 0 bridgehead atoms. The molecule has 0 saturated heterocycles. The van der Waals surface area contributed by atoms with Gasteiger partial charge in [0, 0.05) is 20.1 Å². The van der Waals surface area contributed by atoms with Gasteiger partial charge in [-0.15, -0.1) is 0 Å². The van der Waals surface area contributed by atoms with E-state index in [0.717, 1.165) is 32.1 Å². The lowest BCUT2D eigenvalue weighted by Crippen LogP contribution is -2.26. The van der Waals surface area contributed by atoms with Crippen LogP contribution < -0.4 is 5.32 Å². The summed E-state index contributed by atoms with van der Waals surface area (Å²) in [6.07, 6.45) is 13.9. The van der Waals surface area contributed by atoms with E-state index in [4.69, 9.17) is 14.2 Å². The fraction of sp³-hybridized carbons (Fsp3) is 0.905. The number of alkyl carbamates (subject to hydrolysis) is 1. The minimum absolute atomic E-state index is 0.110. The van der Waals surface area contributed by atoms with Crippen molar-refractivity contribution in [1.82, 2.24) is 5.32 Å². The van der Waals surface area contributed by atoms with Crippen LogP contribution in [0.5, 0.6) is 0 Å². The molecular weight excluding hydrogens is 346 g/mol. The topological polar surface area (TPSA) is 73.9 Å². The molecule has 0 fully saturated rings. The second kappa shape index (κ2) is 21.0. The first-order valence-electron chi connectivity index (χ1n) is 10.8. The molecule has 0 aromatic rings. The lowest BCUT2D eigenvalue weighted by molar-refractivity contribution is -0.143. The van der Waals surface area contributed by atoms with E-state index in [1.54, 1.807) is 7.11 Å². The summed E-state index contributed by atoms with van der Waals surface area (Å²) in [5.41, 5.74) is 0. The fourth-order valence-electron chi connectivity index (χ4n) is 2.70. The smallest absolute Gasteiger partial charge is 0.407 e. The summed E-state index contributed by atoms with van der Waals surface area (Å²) in [5, 5.41) is 2.67. The Balaban J connectivity index is 3.25. The SMILES string of the molecule is CCCCCCCCCCCOC(=O)CCCCCNC(=O)OCCOC. The van der Waals surface area contributed by atoms with Gasteiger partial charge in [0.25, 0.3) is 0 Å². The predicted octanol–water partition coefficient (Wildman–Crippen LogP) is 4.99. The molecule has 0 heterocycles. The van der Waals surface area contributed by atoms with Crippen LogP contribution in [-0.2, 0) is 19.0 Å². The Morgan fingerprint density at radius 3 is 2.00 bits per heavy atom. The van der Waals surface area contributed by atoms with Crippen LogP contribution in [0.25, 0.3) is 0 Å². The van der Waals surface area contributed by atoms with Crippen molar-refractivity contribution >= 4 is 12.1 Å². The van der Waals surface area contributed by atoms with E-state index in [2.05, 4.69) is 12.2 Å². The van der Waals surface area contributed by atoms with Gasteiger partial charge < -0.3 is 19.5 Å². The van der Waals surface area contributed by atoms with E-state index in [-0.39, 0.29) is 12.6 Å². The molecular formula is C21H41NO5. The van der Waals surface area contributed by atoms with E-state index in [1.165, 1.54) is 44.9 Å². The van der Waals surface area contributed by atoms with Gasteiger partial charge in [-0.05, 0) is 19.3 Å². The van der Waals surface area contributed by atoms with Crippen LogP contribution >= 0.6 is 0 Å². The largest absolute Gasteiger partial charge is 0.466 e. The van der Waals surface area contributed by atoms with Crippen molar-refractivity contribution in [1.29, 1.82) is 0 Å². The van der Waals surface area contributed by atoms with Crippen LogP contribution in [0.2, 0.25) is 0 Å². The Labute approximate surface area is 165 Å². The summed E-state index contributed by atoms with van der Waals surface area (Å²) in [6, 6.07) is 0. The van der Waals surface area contributed by atoms with Crippen LogP contribution in [0.1, 0.15) is 90.4 Å². The molecule has 0 spiro atoms. The van der Waals surface area contributed by atoms with Crippen molar-refractivity contribution in [2.75, 3.05) is 33.5 Å². The molecule has 1 amide bonds. The first-order valence-corrected chi connectivity index (χ1v) is 10.8. The van der Waals surface area contributed by atoms with E-state index >= 15 is 0 Å². The molecule has 6 nitrogen and oxygen atoms in total. The highest BCUT2D eigenvalue weighted by atomic mass is 16.6. The molecule has 1 N–H and O–H groups in total. The summed E-state index contributed by atoms with van der Waals surface area (Å²) in [5.74, 6) is -0.110. The Morgan fingerprint density at radius 1 is 0.704 bits per heavy atom. The molecule has 0 aliphatic carbocycles. The van der Waals surface area contributed by atoms with E-state index < -0.39 is 6.09 Å². The Kier molecular flexibility index (Phi) is 20.0. The summed E-state index contributed by atoms with van der Waals surface area (Å²) < 4.78 is 14.9. The van der Waals surface area contributed by atoms with Crippen molar-refractivity contribution in [3.8, 4) is 0 Å². The number of methoxy groups -OCH3 is 1. The van der Waals surface area contributed by atoms with Crippen LogP contribution in [0.3, 0.4) is 0 Å². The molecule has 0 aromatic carbocycles. The average Bonchev–Trinajstić information content (AvgIpc) is 2.66. The van der Waals surface area contributed by atoms with Gasteiger partial charge in [-0.3, -0.25) is 4.79 Å². The zero-order chi connectivity index (χ0) is 20.0. The predicted molar refractivity (Wildman–Crippen MR) is 108 cm³/mol. The van der Waals surface area contributed by atoms with Gasteiger partial charge in [0.2, 0.25) is 0 Å². The molecule has 0 aliphatic heterocycles. The second-order valence-corrected chi connectivity index (χ2v) is 6.92. The Morgan fingerprint density at radius 2 is 1.33 bits per heavy atom. The van der Waals surface area contributed by atoms with Crippen molar-refractivity contribution in [3.63, 3.8) is 0 Å². The molecule has 27 heavy (non-hydrogen) atoms. The molecule has 0 saturated carbocycles. The second-order valence-electron chi connectivity index (χ2n) is 6.92. The van der Waals surface area contributed by atoms with Crippen LogP contribution in [0.15, 0.2) is 0 Å². The van der Waals surface area contributed by atoms with E-state index in [9.17, 15) is 9.59 Å². The van der Waals surface area contributed by atoms with Gasteiger partial charge >= 0.3 is 12.1 Å². The monoisotopic (exact) mass is 387 g/mol. The summed E-state index contributed by atoms with van der Waals surface area (Å²) in [6.45, 7) is 3.99. The standard InChI is InChI=1S/C21H41NO5/c1-3-4-5-6-7-8-9-10-14-17-26-20(23)15-12-11-13-16-22-21(24)27-19-18-25-2/h3-19H2,1-2H3,(H,22,24). The van der Waals surface area contributed by atoms with Crippen LogP contribution in [0, 0.1) is 0 Å². The average molecular weight is 388 g/mol. The lowest BCUT2D eigenvalue weighted by atomic mass is 10.1. The van der Waals surface area contributed by atoms with Gasteiger partial charge in [0.15, 0.2) is 0 Å². The highest BCUT2D eigenvalue weighted by Crippen LogP contribution is 2.09. The van der Waals surface area contributed by atoms with E-state index in [0.29, 0.717) is 26.2 Å². The lowest BCUT2D eigenvalue weighted by Gasteiger charge is -2.07. The quantitative estimate of drug-likeness (QED) is 0.249. The number of esters is 1. The first kappa shape index (κ1) is 25.7. The molecule has 0 radical (unpaired) electrons. The molecule has 0 atom stereocenters. The summed E-state index contributed by atoms with van der Waals surface area (Å²) in [7, 11) is 1.56. The number of carbonyl (C=O) groups is 2. The van der Waals surface area contributed by atoms with Gasteiger partial charge in [0.1, 0.15) is 6.61 Å². The summed E-state index contributed by atoms with van der Waals surface area (Å²) in [4.78, 5) is 22.9. The van der Waals surface area contributed by atoms with Gasteiger partial charge in [-0.25, -0.2) is 4.79 Å². The maximum atomic E-state index is 11.6. The number of hydrogen-bond donors (Lipinski definition) is 1. The molecule has 0 unspecified atom stereocenters. The van der Waals surface area contributed by atoms with Crippen molar-refractivity contribution in [2.24, 2.45) is 0 Å². The van der Waals surface area contributed by atoms with Crippen molar-refractivity contribution in [2.45, 2.75) is 90.4 Å². The highest BCUT2D eigenvalue weighted by Gasteiger charge is 2.04. The zero-order valence-corrected chi connectivity index (χ0v) is 17.6. The van der Waals surface area contributed by atoms with Gasteiger partial charge in [-0.2, -0.15) is 0 Å². The van der Waals surface area contributed by atoms with Crippen molar-refractivity contribution in [3.05, 3.63) is 0 Å². The van der Waals surface area contributed by atoms with Crippen LogP contribution in [-0.4, -0.2) is 45.5 Å². The van der Waals surface area contributed by atoms with Crippen molar-refractivity contribution < 1.29 is 23.8 Å². The van der Waals surface area contributed by atoms with Crippen LogP contribution in [0.4, 0.5) is 4.79 Å². The fourth-order valence-corrected chi connectivity index (χ4v) is 2.70. The molecule has 0 aromatic heterocycles. The molecule has 0 rings (SSSR count). The highest BCUT2D eigenvalue weighted by molar-refractivity contribution is 5.69. The Hall–Kier alpha value is -1.30. The first-order chi connectivity index (χ1) is 13.2. The molecule has 6 heteroatoms. The number of ether oxygens (including phenoxy) is 3. The number of nitrogens with one attached hydrogen (secondary N) is 1. The molecule has 160 valence electrons. The minimum atomic E-state index is -0.424. The third-order valence-corrected chi connectivity index (χ3v) is 4.36.